The van der Waals surface area contributed by atoms with Crippen molar-refractivity contribution >= 4 is 5.91 Å². The molecule has 0 spiro atoms. The van der Waals surface area contributed by atoms with Crippen LogP contribution in [-0.4, -0.2) is 48.3 Å². The maximum Gasteiger partial charge on any atom is 0.234 e. The first-order valence-corrected chi connectivity index (χ1v) is 8.47. The van der Waals surface area contributed by atoms with Crippen LogP contribution in [0.25, 0.3) is 0 Å². The second-order valence-corrected chi connectivity index (χ2v) is 6.34. The van der Waals surface area contributed by atoms with Gasteiger partial charge in [-0.25, -0.2) is 0 Å². The normalized spacial score (nSPS) is 21.9. The van der Waals surface area contributed by atoms with E-state index in [1.54, 1.807) is 0 Å². The second kappa shape index (κ2) is 8.89. The molecule has 0 aliphatic carbocycles. The molecule has 2 rings (SSSR count). The number of rotatable bonds is 7. The lowest BCUT2D eigenvalue weighted by Crippen LogP contribution is -2.46. The molecule has 128 valence electrons. The molecule has 0 saturated carbocycles. The summed E-state index contributed by atoms with van der Waals surface area (Å²) in [6.07, 6.45) is 1.58. The van der Waals surface area contributed by atoms with Gasteiger partial charge < -0.3 is 15.2 Å². The minimum Gasteiger partial charge on any atom is -0.494 e. The number of hydrogen-bond donors (Lipinski definition) is 2. The molecular weight excluding hydrogens is 292 g/mol. The molecule has 23 heavy (non-hydrogen) atoms. The summed E-state index contributed by atoms with van der Waals surface area (Å²) in [5.74, 6) is 1.15. The number of aliphatic hydroxyl groups excluding tert-OH is 1. The number of piperidine rings is 1. The predicted octanol–water partition coefficient (Wildman–Crippen LogP) is 1.79. The third kappa shape index (κ3) is 5.84. The van der Waals surface area contributed by atoms with Crippen LogP contribution >= 0.6 is 0 Å². The van der Waals surface area contributed by atoms with E-state index in [1.807, 2.05) is 29.2 Å². The van der Waals surface area contributed by atoms with Crippen molar-refractivity contribution in [3.63, 3.8) is 0 Å². The summed E-state index contributed by atoms with van der Waals surface area (Å²) in [4.78, 5) is 14.1. The number of aliphatic hydroxyl groups is 1. The number of amides is 1. The molecule has 2 unspecified atom stereocenters. The zero-order chi connectivity index (χ0) is 16.7. The molecule has 1 heterocycles. The Kier molecular flexibility index (Phi) is 6.86. The molecule has 5 heteroatoms. The molecule has 1 aromatic rings. The first kappa shape index (κ1) is 17.8. The van der Waals surface area contributed by atoms with Gasteiger partial charge in [-0.15, -0.1) is 0 Å². The fraction of sp³-hybridized carbons (Fsp3) is 0.611. The highest BCUT2D eigenvalue weighted by Gasteiger charge is 2.25. The molecule has 0 bridgehead atoms. The lowest BCUT2D eigenvalue weighted by atomic mass is 9.96. The summed E-state index contributed by atoms with van der Waals surface area (Å²) in [6, 6.07) is 7.81. The molecule has 0 radical (unpaired) electrons. The highest BCUT2D eigenvalue weighted by atomic mass is 16.5. The molecule has 0 aromatic heterocycles. The molecule has 1 aliphatic heterocycles. The van der Waals surface area contributed by atoms with Crippen LogP contribution in [0, 0.1) is 5.92 Å². The van der Waals surface area contributed by atoms with Gasteiger partial charge in [-0.3, -0.25) is 9.69 Å². The van der Waals surface area contributed by atoms with Crippen LogP contribution in [-0.2, 0) is 11.3 Å². The lowest BCUT2D eigenvalue weighted by Gasteiger charge is -2.33. The topological polar surface area (TPSA) is 61.8 Å². The van der Waals surface area contributed by atoms with Crippen LogP contribution in [0.1, 0.15) is 32.3 Å². The Hall–Kier alpha value is -1.59. The van der Waals surface area contributed by atoms with Crippen molar-refractivity contribution < 1.29 is 14.6 Å². The Morgan fingerprint density at radius 2 is 2.30 bits per heavy atom. The quantitative estimate of drug-likeness (QED) is 0.804. The number of β-amino-alcohol motifs (C(OH)–C–C–N with tert-alkyl or cyclic N) is 1. The van der Waals surface area contributed by atoms with E-state index in [2.05, 4.69) is 19.2 Å². The molecule has 1 aliphatic rings. The van der Waals surface area contributed by atoms with Gasteiger partial charge in [0.15, 0.2) is 0 Å². The molecule has 1 fully saturated rings. The van der Waals surface area contributed by atoms with Crippen molar-refractivity contribution in [1.82, 2.24) is 10.2 Å². The zero-order valence-corrected chi connectivity index (χ0v) is 14.1. The van der Waals surface area contributed by atoms with E-state index in [0.717, 1.165) is 30.7 Å². The molecule has 1 aromatic carbocycles. The Morgan fingerprint density at radius 1 is 1.48 bits per heavy atom. The third-order valence-corrected chi connectivity index (χ3v) is 4.23. The Balaban J connectivity index is 1.76. The largest absolute Gasteiger partial charge is 0.494 e. The van der Waals surface area contributed by atoms with Crippen LogP contribution in [0.5, 0.6) is 5.75 Å². The molecule has 1 saturated heterocycles. The van der Waals surface area contributed by atoms with E-state index in [1.165, 1.54) is 0 Å². The average Bonchev–Trinajstić information content (AvgIpc) is 2.55. The first-order valence-electron chi connectivity index (χ1n) is 8.47. The number of carbonyl (C=O) groups excluding carboxylic acids is 1. The second-order valence-electron chi connectivity index (χ2n) is 6.34. The molecule has 2 N–H and O–H groups in total. The van der Waals surface area contributed by atoms with Gasteiger partial charge in [0, 0.05) is 13.1 Å². The van der Waals surface area contributed by atoms with Crippen molar-refractivity contribution in [2.45, 2.75) is 39.3 Å². The van der Waals surface area contributed by atoms with Crippen molar-refractivity contribution in [3.05, 3.63) is 29.8 Å². The van der Waals surface area contributed by atoms with Crippen molar-refractivity contribution in [1.29, 1.82) is 0 Å². The van der Waals surface area contributed by atoms with Crippen LogP contribution < -0.4 is 10.1 Å². The number of benzene rings is 1. The standard InChI is InChI=1S/C18H28N2O3/c1-3-9-23-16-6-4-5-15(10-16)11-19-18(22)13-20-8-7-14(2)17(21)12-20/h4-6,10,14,17,21H,3,7-9,11-13H2,1-2H3,(H,19,22). The van der Waals surface area contributed by atoms with Gasteiger partial charge in [-0.2, -0.15) is 0 Å². The number of likely N-dealkylation sites (tertiary alicyclic amines) is 1. The molecule has 1 amide bonds. The molecule has 2 atom stereocenters. The summed E-state index contributed by atoms with van der Waals surface area (Å²) in [5.41, 5.74) is 1.03. The van der Waals surface area contributed by atoms with Gasteiger partial charge in [0.1, 0.15) is 5.75 Å². The number of nitrogens with one attached hydrogen (secondary N) is 1. The van der Waals surface area contributed by atoms with Crippen LogP contribution in [0.15, 0.2) is 24.3 Å². The number of ether oxygens (including phenoxy) is 1. The summed E-state index contributed by atoms with van der Waals surface area (Å²) in [6.45, 7) is 7.11. The van der Waals surface area contributed by atoms with E-state index >= 15 is 0 Å². The highest BCUT2D eigenvalue weighted by molar-refractivity contribution is 5.78. The predicted molar refractivity (Wildman–Crippen MR) is 90.3 cm³/mol. The monoisotopic (exact) mass is 320 g/mol. The maximum absolute atomic E-state index is 12.1. The summed E-state index contributed by atoms with van der Waals surface area (Å²) < 4.78 is 5.60. The fourth-order valence-electron chi connectivity index (χ4n) is 2.68. The number of carbonyl (C=O) groups is 1. The van der Waals surface area contributed by atoms with Crippen molar-refractivity contribution in [2.75, 3.05) is 26.2 Å². The summed E-state index contributed by atoms with van der Waals surface area (Å²) in [7, 11) is 0. The van der Waals surface area contributed by atoms with Gasteiger partial charge in [0.25, 0.3) is 0 Å². The van der Waals surface area contributed by atoms with E-state index < -0.39 is 0 Å². The zero-order valence-electron chi connectivity index (χ0n) is 14.1. The van der Waals surface area contributed by atoms with Gasteiger partial charge in [0.2, 0.25) is 5.91 Å². The molecular formula is C18H28N2O3. The lowest BCUT2D eigenvalue weighted by molar-refractivity contribution is -0.123. The van der Waals surface area contributed by atoms with Crippen molar-refractivity contribution in [2.24, 2.45) is 5.92 Å². The number of hydrogen-bond acceptors (Lipinski definition) is 4. The average molecular weight is 320 g/mol. The maximum atomic E-state index is 12.1. The molecule has 5 nitrogen and oxygen atoms in total. The van der Waals surface area contributed by atoms with Gasteiger partial charge in [-0.1, -0.05) is 26.0 Å². The van der Waals surface area contributed by atoms with E-state index in [4.69, 9.17) is 4.74 Å². The minimum atomic E-state index is -0.330. The Labute approximate surface area is 138 Å². The Morgan fingerprint density at radius 3 is 3.04 bits per heavy atom. The fourth-order valence-corrected chi connectivity index (χ4v) is 2.68. The third-order valence-electron chi connectivity index (χ3n) is 4.23. The summed E-state index contributed by atoms with van der Waals surface area (Å²) >= 11 is 0. The van der Waals surface area contributed by atoms with E-state index in [0.29, 0.717) is 32.2 Å². The Bertz CT molecular complexity index is 507. The highest BCUT2D eigenvalue weighted by Crippen LogP contribution is 2.16. The van der Waals surface area contributed by atoms with Crippen LogP contribution in [0.2, 0.25) is 0 Å². The van der Waals surface area contributed by atoms with Crippen LogP contribution in [0.4, 0.5) is 0 Å². The first-order chi connectivity index (χ1) is 11.1. The minimum absolute atomic E-state index is 0.00775. The van der Waals surface area contributed by atoms with Gasteiger partial charge in [-0.05, 0) is 43.0 Å². The smallest absolute Gasteiger partial charge is 0.234 e. The summed E-state index contributed by atoms with van der Waals surface area (Å²) in [5, 5.41) is 12.8. The number of nitrogens with zero attached hydrogens (tertiary/aromatic N) is 1. The van der Waals surface area contributed by atoms with E-state index in [-0.39, 0.29) is 12.0 Å². The van der Waals surface area contributed by atoms with Gasteiger partial charge >= 0.3 is 0 Å². The van der Waals surface area contributed by atoms with Crippen LogP contribution in [0.3, 0.4) is 0 Å². The van der Waals surface area contributed by atoms with E-state index in [9.17, 15) is 9.90 Å². The SMILES string of the molecule is CCCOc1cccc(CNC(=O)CN2CCC(C)C(O)C2)c1. The van der Waals surface area contributed by atoms with Crippen molar-refractivity contribution in [3.8, 4) is 5.75 Å². The van der Waals surface area contributed by atoms with Gasteiger partial charge in [0.05, 0.1) is 19.3 Å².